The molecule has 2 aliphatic heterocycles. The van der Waals surface area contributed by atoms with E-state index in [9.17, 15) is 9.59 Å². The van der Waals surface area contributed by atoms with Crippen molar-refractivity contribution >= 4 is 11.8 Å². The van der Waals surface area contributed by atoms with Crippen LogP contribution >= 0.6 is 0 Å². The SMILES string of the molecule is Cc1ccn(CC(=O)N2CCC[C@@]3(CCC(=O)N(CCC(C)C)C3)C2)n1. The van der Waals surface area contributed by atoms with E-state index in [0.717, 1.165) is 57.6 Å². The van der Waals surface area contributed by atoms with Gasteiger partial charge in [0.25, 0.3) is 0 Å². The number of aryl methyl sites for hydroxylation is 1. The predicted molar refractivity (Wildman–Crippen MR) is 100 cm³/mol. The number of hydrogen-bond donors (Lipinski definition) is 0. The molecule has 3 heterocycles. The van der Waals surface area contributed by atoms with Crippen LogP contribution in [-0.2, 0) is 16.1 Å². The van der Waals surface area contributed by atoms with Crippen molar-refractivity contribution in [2.75, 3.05) is 26.2 Å². The van der Waals surface area contributed by atoms with Gasteiger partial charge < -0.3 is 9.80 Å². The zero-order valence-corrected chi connectivity index (χ0v) is 16.4. The van der Waals surface area contributed by atoms with Crippen LogP contribution in [-0.4, -0.2) is 57.6 Å². The Labute approximate surface area is 156 Å². The molecule has 2 fully saturated rings. The van der Waals surface area contributed by atoms with E-state index >= 15 is 0 Å². The first-order valence-corrected chi connectivity index (χ1v) is 9.92. The van der Waals surface area contributed by atoms with E-state index < -0.39 is 0 Å². The molecule has 0 aliphatic carbocycles. The summed E-state index contributed by atoms with van der Waals surface area (Å²) >= 11 is 0. The van der Waals surface area contributed by atoms with Crippen molar-refractivity contribution in [3.8, 4) is 0 Å². The second kappa shape index (κ2) is 7.80. The maximum absolute atomic E-state index is 12.7. The van der Waals surface area contributed by atoms with Crippen molar-refractivity contribution in [2.24, 2.45) is 11.3 Å². The Morgan fingerprint density at radius 2 is 2.12 bits per heavy atom. The van der Waals surface area contributed by atoms with E-state index in [0.29, 0.717) is 18.9 Å². The molecule has 1 atom stereocenters. The van der Waals surface area contributed by atoms with Crippen LogP contribution in [0.1, 0.15) is 51.6 Å². The number of rotatable bonds is 5. The maximum Gasteiger partial charge on any atom is 0.244 e. The average molecular weight is 361 g/mol. The largest absolute Gasteiger partial charge is 0.342 e. The number of likely N-dealkylation sites (tertiary alicyclic amines) is 2. The normalized spacial score (nSPS) is 23.9. The molecule has 2 aliphatic rings. The van der Waals surface area contributed by atoms with Crippen molar-refractivity contribution in [1.82, 2.24) is 19.6 Å². The Morgan fingerprint density at radius 1 is 1.31 bits per heavy atom. The topological polar surface area (TPSA) is 58.4 Å². The molecule has 1 aromatic rings. The molecule has 26 heavy (non-hydrogen) atoms. The Kier molecular flexibility index (Phi) is 5.68. The first-order valence-electron chi connectivity index (χ1n) is 9.92. The highest BCUT2D eigenvalue weighted by Crippen LogP contribution is 2.39. The molecule has 2 amide bonds. The van der Waals surface area contributed by atoms with Gasteiger partial charge in [0.1, 0.15) is 6.54 Å². The molecule has 6 nitrogen and oxygen atoms in total. The van der Waals surface area contributed by atoms with E-state index in [4.69, 9.17) is 0 Å². The molecule has 2 saturated heterocycles. The van der Waals surface area contributed by atoms with Gasteiger partial charge in [0.05, 0.1) is 5.69 Å². The van der Waals surface area contributed by atoms with Crippen molar-refractivity contribution in [3.63, 3.8) is 0 Å². The zero-order chi connectivity index (χ0) is 18.7. The van der Waals surface area contributed by atoms with Crippen molar-refractivity contribution in [2.45, 2.75) is 59.4 Å². The fourth-order valence-corrected chi connectivity index (χ4v) is 4.26. The molecule has 0 unspecified atom stereocenters. The highest BCUT2D eigenvalue weighted by molar-refractivity contribution is 5.78. The monoisotopic (exact) mass is 360 g/mol. The molecule has 144 valence electrons. The predicted octanol–water partition coefficient (Wildman–Crippen LogP) is 2.47. The van der Waals surface area contributed by atoms with Crippen molar-refractivity contribution in [3.05, 3.63) is 18.0 Å². The Morgan fingerprint density at radius 3 is 2.81 bits per heavy atom. The van der Waals surface area contributed by atoms with E-state index in [2.05, 4.69) is 18.9 Å². The smallest absolute Gasteiger partial charge is 0.244 e. The van der Waals surface area contributed by atoms with Crippen LogP contribution in [0.15, 0.2) is 12.3 Å². The van der Waals surface area contributed by atoms with E-state index in [1.807, 2.05) is 29.0 Å². The number of aromatic nitrogens is 2. The van der Waals surface area contributed by atoms with Gasteiger partial charge in [-0.1, -0.05) is 13.8 Å². The molecule has 0 saturated carbocycles. The van der Waals surface area contributed by atoms with Crippen LogP contribution in [0, 0.1) is 18.3 Å². The van der Waals surface area contributed by atoms with E-state index in [1.165, 1.54) is 0 Å². The van der Waals surface area contributed by atoms with Gasteiger partial charge >= 0.3 is 0 Å². The summed E-state index contributed by atoms with van der Waals surface area (Å²) in [5.74, 6) is 1.02. The van der Waals surface area contributed by atoms with Gasteiger partial charge in [-0.2, -0.15) is 5.10 Å². The second-order valence-corrected chi connectivity index (χ2v) is 8.57. The lowest BCUT2D eigenvalue weighted by molar-refractivity contribution is -0.143. The molecule has 0 radical (unpaired) electrons. The number of carbonyl (C=O) groups is 2. The Balaban J connectivity index is 1.62. The van der Waals surface area contributed by atoms with E-state index in [1.54, 1.807) is 4.68 Å². The van der Waals surface area contributed by atoms with E-state index in [-0.39, 0.29) is 17.2 Å². The zero-order valence-electron chi connectivity index (χ0n) is 16.4. The molecule has 0 bridgehead atoms. The minimum Gasteiger partial charge on any atom is -0.342 e. The lowest BCUT2D eigenvalue weighted by Crippen LogP contribution is -2.55. The van der Waals surface area contributed by atoms with Gasteiger partial charge in [0, 0.05) is 44.2 Å². The number of piperidine rings is 2. The molecule has 3 rings (SSSR count). The summed E-state index contributed by atoms with van der Waals surface area (Å²) in [6.07, 6.45) is 6.58. The summed E-state index contributed by atoms with van der Waals surface area (Å²) in [5.41, 5.74) is 1.01. The minimum absolute atomic E-state index is 0.0822. The highest BCUT2D eigenvalue weighted by Gasteiger charge is 2.42. The minimum atomic E-state index is 0.0822. The summed E-state index contributed by atoms with van der Waals surface area (Å²) in [6.45, 7) is 9.88. The maximum atomic E-state index is 12.7. The van der Waals surface area contributed by atoms with Crippen LogP contribution in [0.2, 0.25) is 0 Å². The van der Waals surface area contributed by atoms with Gasteiger partial charge in [0.15, 0.2) is 0 Å². The molecular formula is C20H32N4O2. The summed E-state index contributed by atoms with van der Waals surface area (Å²) < 4.78 is 1.72. The van der Waals surface area contributed by atoms with Gasteiger partial charge in [0.2, 0.25) is 11.8 Å². The van der Waals surface area contributed by atoms with Crippen LogP contribution in [0.25, 0.3) is 0 Å². The summed E-state index contributed by atoms with van der Waals surface area (Å²) in [6, 6.07) is 1.92. The highest BCUT2D eigenvalue weighted by atomic mass is 16.2. The van der Waals surface area contributed by atoms with Crippen LogP contribution in [0.5, 0.6) is 0 Å². The number of amides is 2. The van der Waals surface area contributed by atoms with Crippen LogP contribution < -0.4 is 0 Å². The molecule has 0 aromatic carbocycles. The molecule has 1 aromatic heterocycles. The van der Waals surface area contributed by atoms with Gasteiger partial charge in [-0.05, 0) is 44.6 Å². The number of carbonyl (C=O) groups excluding carboxylic acids is 2. The lowest BCUT2D eigenvalue weighted by Gasteiger charge is -2.48. The summed E-state index contributed by atoms with van der Waals surface area (Å²) in [5, 5.41) is 4.33. The van der Waals surface area contributed by atoms with Crippen molar-refractivity contribution < 1.29 is 9.59 Å². The summed E-state index contributed by atoms with van der Waals surface area (Å²) in [7, 11) is 0. The van der Waals surface area contributed by atoms with Crippen molar-refractivity contribution in [1.29, 1.82) is 0 Å². The average Bonchev–Trinajstić information content (AvgIpc) is 3.01. The Hall–Kier alpha value is -1.85. The number of nitrogens with zero attached hydrogens (tertiary/aromatic N) is 4. The van der Waals surface area contributed by atoms with Gasteiger partial charge in [-0.3, -0.25) is 14.3 Å². The fourth-order valence-electron chi connectivity index (χ4n) is 4.26. The molecule has 0 N–H and O–H groups in total. The number of hydrogen-bond acceptors (Lipinski definition) is 3. The fraction of sp³-hybridized carbons (Fsp3) is 0.750. The third-order valence-electron chi connectivity index (χ3n) is 5.81. The third kappa shape index (κ3) is 4.46. The first kappa shape index (κ1) is 18.9. The molecular weight excluding hydrogens is 328 g/mol. The molecule has 6 heteroatoms. The summed E-state index contributed by atoms with van der Waals surface area (Å²) in [4.78, 5) is 29.1. The second-order valence-electron chi connectivity index (χ2n) is 8.57. The first-order chi connectivity index (χ1) is 12.4. The van der Waals surface area contributed by atoms with Gasteiger partial charge in [-0.25, -0.2) is 0 Å². The molecule has 1 spiro atoms. The third-order valence-corrected chi connectivity index (χ3v) is 5.81. The lowest BCUT2D eigenvalue weighted by atomic mass is 9.73. The van der Waals surface area contributed by atoms with Crippen LogP contribution in [0.4, 0.5) is 0 Å². The van der Waals surface area contributed by atoms with Crippen LogP contribution in [0.3, 0.4) is 0 Å². The quantitative estimate of drug-likeness (QED) is 0.810. The standard InChI is InChI=1S/C20H32N4O2/c1-16(2)6-11-23-15-20(9-5-18(23)25)8-4-10-22(14-20)19(26)13-24-12-7-17(3)21-24/h7,12,16H,4-6,8-11,13-15H2,1-3H3/t20-/m1/s1. The van der Waals surface area contributed by atoms with Gasteiger partial charge in [-0.15, -0.1) is 0 Å². The Bertz CT molecular complexity index is 654.